The topological polar surface area (TPSA) is 66.8 Å². The summed E-state index contributed by atoms with van der Waals surface area (Å²) in [6, 6.07) is 0. The molecule has 0 fully saturated rings. The Balaban J connectivity index is 3.80. The van der Waals surface area contributed by atoms with E-state index in [0.717, 1.165) is 44.9 Å². The first kappa shape index (κ1) is 16.1. The van der Waals surface area contributed by atoms with Crippen LogP contribution in [0.5, 0.6) is 0 Å². The summed E-state index contributed by atoms with van der Waals surface area (Å²) in [6.07, 6.45) is 16.2. The summed E-state index contributed by atoms with van der Waals surface area (Å²) in [4.78, 5) is 11.7. The Kier molecular flexibility index (Phi) is 12.3. The van der Waals surface area contributed by atoms with Gasteiger partial charge in [0.2, 0.25) is 0 Å². The molecule has 4 heteroatoms. The smallest absolute Gasteiger partial charge is 0.305 e. The maximum atomic E-state index is 11.7. The van der Waals surface area contributed by atoms with E-state index in [1.807, 2.05) is 0 Å². The van der Waals surface area contributed by atoms with Crippen LogP contribution in [0.25, 0.3) is 0 Å². The Labute approximate surface area is 161 Å². The molecule has 1 unspecified atom stereocenters. The molecule has 0 heterocycles. The SMILES string of the molecule is [2H]C([2H])(O)C([2H])(O)C([2H])([2H])OC(=O)CCCCCCC/C=C\C/C=C\CCCCC. The van der Waals surface area contributed by atoms with Gasteiger partial charge in [-0.15, -0.1) is 0 Å². The molecular weight excluding hydrogens is 316 g/mol. The molecule has 25 heavy (non-hydrogen) atoms. The molecule has 1 atom stereocenters. The van der Waals surface area contributed by atoms with Crippen LogP contribution >= 0.6 is 0 Å². The van der Waals surface area contributed by atoms with Gasteiger partial charge < -0.3 is 14.9 Å². The van der Waals surface area contributed by atoms with Gasteiger partial charge in [-0.05, 0) is 38.5 Å². The van der Waals surface area contributed by atoms with E-state index in [-0.39, 0.29) is 6.42 Å². The summed E-state index contributed by atoms with van der Waals surface area (Å²) in [5.74, 6) is -0.986. The monoisotopic (exact) mass is 359 g/mol. The van der Waals surface area contributed by atoms with Crippen molar-refractivity contribution in [1.29, 1.82) is 0 Å². The lowest BCUT2D eigenvalue weighted by molar-refractivity contribution is -0.147. The molecule has 0 amide bonds. The summed E-state index contributed by atoms with van der Waals surface area (Å²) in [5.41, 5.74) is 0. The highest BCUT2D eigenvalue weighted by Crippen LogP contribution is 2.08. The number of unbranched alkanes of at least 4 members (excludes halogenated alkanes) is 8. The largest absolute Gasteiger partial charge is 0.463 e. The number of carbonyl (C=O) groups excluding carboxylic acids is 1. The third-order valence-corrected chi connectivity index (χ3v) is 3.70. The van der Waals surface area contributed by atoms with Gasteiger partial charge in [0, 0.05) is 6.42 Å². The predicted molar refractivity (Wildman–Crippen MR) is 103 cm³/mol. The number of esters is 1. The third kappa shape index (κ3) is 19.0. The summed E-state index contributed by atoms with van der Waals surface area (Å²) >= 11 is 0. The van der Waals surface area contributed by atoms with Gasteiger partial charge in [0.05, 0.1) is 13.4 Å². The zero-order chi connectivity index (χ0) is 23.1. The molecule has 0 saturated heterocycles. The van der Waals surface area contributed by atoms with Crippen LogP contribution in [0.1, 0.15) is 90.8 Å². The highest BCUT2D eigenvalue weighted by atomic mass is 16.5. The van der Waals surface area contributed by atoms with Gasteiger partial charge in [-0.2, -0.15) is 0 Å². The van der Waals surface area contributed by atoms with E-state index >= 15 is 0 Å². The molecule has 146 valence electrons. The van der Waals surface area contributed by atoms with Crippen molar-refractivity contribution in [1.82, 2.24) is 0 Å². The van der Waals surface area contributed by atoms with Crippen molar-refractivity contribution in [2.24, 2.45) is 0 Å². The highest BCUT2D eigenvalue weighted by Gasteiger charge is 2.07. The van der Waals surface area contributed by atoms with Crippen LogP contribution in [0.4, 0.5) is 0 Å². The Morgan fingerprint density at radius 2 is 1.64 bits per heavy atom. The van der Waals surface area contributed by atoms with Crippen LogP contribution in [0, 0.1) is 0 Å². The van der Waals surface area contributed by atoms with Crippen LogP contribution in [-0.4, -0.2) is 35.4 Å². The molecule has 0 spiro atoms. The van der Waals surface area contributed by atoms with E-state index in [0.29, 0.717) is 6.42 Å². The minimum atomic E-state index is -3.63. The van der Waals surface area contributed by atoms with E-state index in [4.69, 9.17) is 12.0 Å². The van der Waals surface area contributed by atoms with E-state index in [9.17, 15) is 9.90 Å². The number of aliphatic hydroxyl groups is 2. The maximum absolute atomic E-state index is 11.7. The van der Waals surface area contributed by atoms with Gasteiger partial charge in [-0.3, -0.25) is 4.79 Å². The van der Waals surface area contributed by atoms with Gasteiger partial charge >= 0.3 is 5.97 Å². The number of carbonyl (C=O) groups is 1. The van der Waals surface area contributed by atoms with Crippen LogP contribution in [0.15, 0.2) is 24.3 Å². The third-order valence-electron chi connectivity index (χ3n) is 3.70. The van der Waals surface area contributed by atoms with Crippen molar-refractivity contribution in [2.45, 2.75) is 90.1 Å². The molecular formula is C21H38O4. The average molecular weight is 360 g/mol. The molecule has 0 aliphatic rings. The molecule has 2 N–H and O–H groups in total. The van der Waals surface area contributed by atoms with Crippen molar-refractivity contribution >= 4 is 5.97 Å². The molecule has 0 aliphatic heterocycles. The van der Waals surface area contributed by atoms with Gasteiger partial charge in [-0.25, -0.2) is 0 Å². The van der Waals surface area contributed by atoms with Gasteiger partial charge in [0.1, 0.15) is 12.6 Å². The van der Waals surface area contributed by atoms with Crippen molar-refractivity contribution in [3.63, 3.8) is 0 Å². The van der Waals surface area contributed by atoms with Gasteiger partial charge in [-0.1, -0.05) is 63.3 Å². The number of hydrogen-bond acceptors (Lipinski definition) is 4. The summed E-state index contributed by atoms with van der Waals surface area (Å²) in [5, 5.41) is 18.6. The van der Waals surface area contributed by atoms with Gasteiger partial charge in [0.15, 0.2) is 0 Å². The van der Waals surface area contributed by atoms with Crippen molar-refractivity contribution in [2.75, 3.05) is 13.1 Å². The normalized spacial score (nSPS) is 18.3. The first-order valence-electron chi connectivity index (χ1n) is 11.9. The molecule has 0 saturated carbocycles. The molecule has 0 aromatic rings. The molecule has 0 radical (unpaired) electrons. The first-order chi connectivity index (χ1) is 14.0. The van der Waals surface area contributed by atoms with E-state index in [2.05, 4.69) is 36.0 Å². The number of allylic oxidation sites excluding steroid dienone is 4. The Hall–Kier alpha value is -1.13. The van der Waals surface area contributed by atoms with E-state index in [1.54, 1.807) is 0 Å². The Bertz CT molecular complexity index is 528. The van der Waals surface area contributed by atoms with Gasteiger partial charge in [0.25, 0.3) is 0 Å². The minimum absolute atomic E-state index is 0.103. The zero-order valence-corrected chi connectivity index (χ0v) is 15.5. The van der Waals surface area contributed by atoms with Crippen LogP contribution in [-0.2, 0) is 9.53 Å². The second-order valence-corrected chi connectivity index (χ2v) is 6.02. The fraction of sp³-hybridized carbons (Fsp3) is 0.762. The fourth-order valence-corrected chi connectivity index (χ4v) is 2.26. The standard InChI is InChI=1S/C21H38O4/c1-2-3-4-5-6-7-8-9-10-11-12-13-14-15-16-17-21(24)25-19-20(23)18-22/h6-7,9-10,20,22-23H,2-5,8,11-19H2,1H3/b7-6-,10-9-/i18D2,19D2,20D. The number of hydrogen-bond donors (Lipinski definition) is 2. The average Bonchev–Trinajstić information content (AvgIpc) is 2.63. The molecule has 0 aromatic carbocycles. The van der Waals surface area contributed by atoms with Crippen molar-refractivity contribution in [3.05, 3.63) is 24.3 Å². The van der Waals surface area contributed by atoms with Crippen molar-refractivity contribution in [3.8, 4) is 0 Å². The summed E-state index contributed by atoms with van der Waals surface area (Å²) in [6.45, 7) is -4.76. The lowest BCUT2D eigenvalue weighted by Crippen LogP contribution is -2.21. The first-order valence-corrected chi connectivity index (χ1v) is 9.42. The Morgan fingerprint density at radius 3 is 2.28 bits per heavy atom. The predicted octanol–water partition coefficient (Wildman–Crippen LogP) is 4.70. The molecule has 0 bridgehead atoms. The van der Waals surface area contributed by atoms with Crippen molar-refractivity contribution < 1.29 is 26.6 Å². The maximum Gasteiger partial charge on any atom is 0.305 e. The molecule has 4 nitrogen and oxygen atoms in total. The second kappa shape index (κ2) is 19.2. The lowest BCUT2D eigenvalue weighted by Gasteiger charge is -2.08. The highest BCUT2D eigenvalue weighted by molar-refractivity contribution is 5.69. The minimum Gasteiger partial charge on any atom is -0.463 e. The lowest BCUT2D eigenvalue weighted by atomic mass is 10.1. The number of rotatable bonds is 17. The summed E-state index contributed by atoms with van der Waals surface area (Å²) in [7, 11) is 0. The fourth-order valence-electron chi connectivity index (χ4n) is 2.26. The van der Waals surface area contributed by atoms with Crippen LogP contribution < -0.4 is 0 Å². The second-order valence-electron chi connectivity index (χ2n) is 6.02. The summed E-state index contributed by atoms with van der Waals surface area (Å²) < 4.78 is 40.2. The Morgan fingerprint density at radius 1 is 1.04 bits per heavy atom. The molecule has 0 rings (SSSR count). The quantitative estimate of drug-likeness (QED) is 0.224. The number of ether oxygens (including phenoxy) is 1. The van der Waals surface area contributed by atoms with Crippen LogP contribution in [0.3, 0.4) is 0 Å². The zero-order valence-electron chi connectivity index (χ0n) is 20.5. The van der Waals surface area contributed by atoms with E-state index < -0.39 is 25.2 Å². The van der Waals surface area contributed by atoms with Crippen LogP contribution in [0.2, 0.25) is 0 Å². The molecule has 0 aromatic heterocycles. The van der Waals surface area contributed by atoms with E-state index in [1.165, 1.54) is 19.3 Å². The molecule has 0 aliphatic carbocycles.